The van der Waals surface area contributed by atoms with Crippen LogP contribution in [0.25, 0.3) is 0 Å². The number of carbonyl (C=O) groups excluding carboxylic acids is 2. The topological polar surface area (TPSA) is 96.4 Å². The number of hydrogen-bond donors (Lipinski definition) is 1. The molecule has 8 heteroatoms. The number of carbonyl (C=O) groups is 3. The first-order valence-electron chi connectivity index (χ1n) is 8.48. The molecule has 1 N–H and O–H groups in total. The van der Waals surface area contributed by atoms with Gasteiger partial charge in [0.1, 0.15) is 11.5 Å². The molecule has 0 spiro atoms. The average molecular weight is 362 g/mol. The fourth-order valence-corrected chi connectivity index (χ4v) is 3.53. The van der Waals surface area contributed by atoms with Crippen LogP contribution in [0.5, 0.6) is 11.5 Å². The zero-order valence-electron chi connectivity index (χ0n) is 14.8. The van der Waals surface area contributed by atoms with Gasteiger partial charge in [-0.05, 0) is 18.6 Å². The van der Waals surface area contributed by atoms with Crippen molar-refractivity contribution in [3.8, 4) is 11.5 Å². The van der Waals surface area contributed by atoms with E-state index < -0.39 is 17.8 Å². The minimum Gasteiger partial charge on any atom is -0.497 e. The van der Waals surface area contributed by atoms with Crippen LogP contribution in [0.2, 0.25) is 0 Å². The Morgan fingerprint density at radius 2 is 1.92 bits per heavy atom. The average Bonchev–Trinajstić information content (AvgIpc) is 3.27. The maximum atomic E-state index is 12.7. The largest absolute Gasteiger partial charge is 0.497 e. The second-order valence-corrected chi connectivity index (χ2v) is 6.55. The maximum Gasteiger partial charge on any atom is 0.308 e. The smallest absolute Gasteiger partial charge is 0.308 e. The second-order valence-electron chi connectivity index (χ2n) is 6.55. The Labute approximate surface area is 151 Å². The van der Waals surface area contributed by atoms with Gasteiger partial charge in [0.2, 0.25) is 11.8 Å². The van der Waals surface area contributed by atoms with Gasteiger partial charge in [0.25, 0.3) is 0 Å². The lowest BCUT2D eigenvalue weighted by atomic mass is 10.1. The fourth-order valence-electron chi connectivity index (χ4n) is 3.53. The van der Waals surface area contributed by atoms with Gasteiger partial charge >= 0.3 is 5.97 Å². The van der Waals surface area contributed by atoms with Crippen molar-refractivity contribution in [2.45, 2.75) is 12.8 Å². The molecule has 3 rings (SSSR count). The molecular formula is C18H22N2O6. The second kappa shape index (κ2) is 7.23. The number of nitrogens with zero attached hydrogens (tertiary/aromatic N) is 2. The third-order valence-electron chi connectivity index (χ3n) is 5.00. The molecule has 26 heavy (non-hydrogen) atoms. The molecule has 8 nitrogen and oxygen atoms in total. The fraction of sp³-hybridized carbons (Fsp3) is 0.500. The summed E-state index contributed by atoms with van der Waals surface area (Å²) >= 11 is 0. The Bertz CT molecular complexity index is 734. The molecule has 2 aliphatic rings. The van der Waals surface area contributed by atoms with E-state index in [1.54, 1.807) is 35.1 Å². The van der Waals surface area contributed by atoms with Crippen LogP contribution in [-0.2, 0) is 14.4 Å². The molecule has 2 amide bonds. The van der Waals surface area contributed by atoms with Crippen LogP contribution >= 0.6 is 0 Å². The molecule has 1 aromatic rings. The predicted octanol–water partition coefficient (Wildman–Crippen LogP) is 0.990. The van der Waals surface area contributed by atoms with Crippen molar-refractivity contribution in [1.29, 1.82) is 0 Å². The highest BCUT2D eigenvalue weighted by molar-refractivity contribution is 6.01. The van der Waals surface area contributed by atoms with Crippen LogP contribution in [0.4, 0.5) is 5.69 Å². The van der Waals surface area contributed by atoms with Gasteiger partial charge < -0.3 is 24.4 Å². The van der Waals surface area contributed by atoms with E-state index in [0.29, 0.717) is 30.2 Å². The minimum atomic E-state index is -0.882. The highest BCUT2D eigenvalue weighted by Gasteiger charge is 2.40. The van der Waals surface area contributed by atoms with Crippen molar-refractivity contribution < 1.29 is 29.0 Å². The van der Waals surface area contributed by atoms with Crippen molar-refractivity contribution in [3.05, 3.63) is 18.2 Å². The van der Waals surface area contributed by atoms with E-state index in [1.807, 2.05) is 0 Å². The molecular weight excluding hydrogens is 340 g/mol. The molecule has 2 saturated heterocycles. The van der Waals surface area contributed by atoms with Crippen LogP contribution in [0.1, 0.15) is 12.8 Å². The lowest BCUT2D eigenvalue weighted by molar-refractivity contribution is -0.141. The number of rotatable bonds is 5. The molecule has 2 unspecified atom stereocenters. The number of ether oxygens (including phenoxy) is 2. The van der Waals surface area contributed by atoms with Crippen LogP contribution in [-0.4, -0.2) is 61.6 Å². The van der Waals surface area contributed by atoms with Crippen LogP contribution in [0, 0.1) is 11.8 Å². The summed E-state index contributed by atoms with van der Waals surface area (Å²) in [7, 11) is 3.06. The lowest BCUT2D eigenvalue weighted by Crippen LogP contribution is -2.36. The molecule has 2 heterocycles. The van der Waals surface area contributed by atoms with Crippen LogP contribution < -0.4 is 14.4 Å². The monoisotopic (exact) mass is 362 g/mol. The first-order chi connectivity index (χ1) is 12.4. The molecule has 1 aromatic carbocycles. The first-order valence-corrected chi connectivity index (χ1v) is 8.48. The standard InChI is InChI=1S/C18H22N2O6/c1-25-13-3-4-14(15(8-13)26-2)20-10-12(7-16(20)21)17(22)19-6-5-11(9-19)18(23)24/h3-4,8,11-12H,5-7,9-10H2,1-2H3,(H,23,24). The van der Waals surface area contributed by atoms with E-state index >= 15 is 0 Å². The van der Waals surface area contributed by atoms with Crippen molar-refractivity contribution in [1.82, 2.24) is 4.90 Å². The molecule has 0 aliphatic carbocycles. The van der Waals surface area contributed by atoms with Crippen LogP contribution in [0.3, 0.4) is 0 Å². The summed E-state index contributed by atoms with van der Waals surface area (Å²) in [6.07, 6.45) is 0.569. The zero-order valence-corrected chi connectivity index (χ0v) is 14.8. The molecule has 140 valence electrons. The normalized spacial score (nSPS) is 22.6. The number of anilines is 1. The number of methoxy groups -OCH3 is 2. The molecule has 2 fully saturated rings. The quantitative estimate of drug-likeness (QED) is 0.839. The van der Waals surface area contributed by atoms with Crippen molar-refractivity contribution >= 4 is 23.5 Å². The number of aliphatic carboxylic acids is 1. The number of likely N-dealkylation sites (tertiary alicyclic amines) is 1. The summed E-state index contributed by atoms with van der Waals surface area (Å²) in [6, 6.07) is 5.16. The molecule has 0 saturated carbocycles. The summed E-state index contributed by atoms with van der Waals surface area (Å²) in [5.74, 6) is -1.07. The van der Waals surface area contributed by atoms with Gasteiger partial charge in [-0.15, -0.1) is 0 Å². The Morgan fingerprint density at radius 3 is 2.54 bits per heavy atom. The van der Waals surface area contributed by atoms with E-state index in [4.69, 9.17) is 14.6 Å². The van der Waals surface area contributed by atoms with Crippen molar-refractivity contribution in [2.75, 3.05) is 38.8 Å². The highest BCUT2D eigenvalue weighted by atomic mass is 16.5. The summed E-state index contributed by atoms with van der Waals surface area (Å²) in [5, 5.41) is 9.09. The van der Waals surface area contributed by atoms with E-state index in [-0.39, 0.29) is 31.3 Å². The Balaban J connectivity index is 1.73. The highest BCUT2D eigenvalue weighted by Crippen LogP contribution is 2.36. The SMILES string of the molecule is COc1ccc(N2CC(C(=O)N3CCC(C(=O)O)C3)CC2=O)c(OC)c1. The van der Waals surface area contributed by atoms with Gasteiger partial charge in [-0.25, -0.2) is 0 Å². The number of amides is 2. The van der Waals surface area contributed by atoms with Gasteiger partial charge in [0.15, 0.2) is 0 Å². The Hall–Kier alpha value is -2.77. The third kappa shape index (κ3) is 3.31. The van der Waals surface area contributed by atoms with E-state index in [1.165, 1.54) is 7.11 Å². The summed E-state index contributed by atoms with van der Waals surface area (Å²) in [5.41, 5.74) is 0.596. The molecule has 2 atom stereocenters. The third-order valence-corrected chi connectivity index (χ3v) is 5.00. The summed E-state index contributed by atoms with van der Waals surface area (Å²) < 4.78 is 10.5. The Kier molecular flexibility index (Phi) is 5.01. The Morgan fingerprint density at radius 1 is 1.15 bits per heavy atom. The zero-order chi connectivity index (χ0) is 18.8. The molecule has 2 aliphatic heterocycles. The van der Waals surface area contributed by atoms with Gasteiger partial charge in [-0.3, -0.25) is 14.4 Å². The molecule has 0 bridgehead atoms. The van der Waals surface area contributed by atoms with Crippen LogP contribution in [0.15, 0.2) is 18.2 Å². The van der Waals surface area contributed by atoms with Crippen molar-refractivity contribution in [2.24, 2.45) is 11.8 Å². The maximum absolute atomic E-state index is 12.7. The van der Waals surface area contributed by atoms with E-state index in [2.05, 4.69) is 0 Å². The lowest BCUT2D eigenvalue weighted by Gasteiger charge is -2.22. The van der Waals surface area contributed by atoms with Gasteiger partial charge in [-0.2, -0.15) is 0 Å². The first kappa shape index (κ1) is 18.0. The number of hydrogen-bond acceptors (Lipinski definition) is 5. The molecule has 0 aromatic heterocycles. The van der Waals surface area contributed by atoms with Gasteiger partial charge in [0.05, 0.1) is 31.7 Å². The summed E-state index contributed by atoms with van der Waals surface area (Å²) in [6.45, 7) is 0.894. The minimum absolute atomic E-state index is 0.113. The number of benzene rings is 1. The van der Waals surface area contributed by atoms with Gasteiger partial charge in [-0.1, -0.05) is 0 Å². The molecule has 0 radical (unpaired) electrons. The van der Waals surface area contributed by atoms with Crippen molar-refractivity contribution in [3.63, 3.8) is 0 Å². The van der Waals surface area contributed by atoms with E-state index in [9.17, 15) is 14.4 Å². The number of carboxylic acids is 1. The number of carboxylic acid groups (broad SMARTS) is 1. The van der Waals surface area contributed by atoms with Gasteiger partial charge in [0, 0.05) is 32.1 Å². The predicted molar refractivity (Wildman–Crippen MR) is 92.3 cm³/mol. The van der Waals surface area contributed by atoms with E-state index in [0.717, 1.165) is 0 Å². The summed E-state index contributed by atoms with van der Waals surface area (Å²) in [4.78, 5) is 39.4.